The fourth-order valence-electron chi connectivity index (χ4n) is 5.90. The molecule has 25 heavy (non-hydrogen) atoms. The van der Waals surface area contributed by atoms with Crippen molar-refractivity contribution < 1.29 is 14.6 Å². The highest BCUT2D eigenvalue weighted by molar-refractivity contribution is 5.74. The quantitative estimate of drug-likeness (QED) is 0.622. The van der Waals surface area contributed by atoms with Gasteiger partial charge >= 0.3 is 5.97 Å². The monoisotopic (exact) mass is 340 g/mol. The van der Waals surface area contributed by atoms with Crippen LogP contribution in [0.4, 0.5) is 0 Å². The molecule has 0 radical (unpaired) electrons. The van der Waals surface area contributed by atoms with Gasteiger partial charge in [-0.2, -0.15) is 0 Å². The fourth-order valence-corrected chi connectivity index (χ4v) is 5.90. The number of carbonyl (C=O) groups is 1. The standard InChI is InChI=1S/C22H28O3/c1-15(22-11-17-8-18(12-22)10-19(9-17)13-22)7-20(23)21(24)25-14-16-5-3-2-4-6-16/h2-6,17-20,23H,1,7-14H2/t17?,18?,19?,20-,22?/m0/s1. The summed E-state index contributed by atoms with van der Waals surface area (Å²) in [4.78, 5) is 12.2. The van der Waals surface area contributed by atoms with Gasteiger partial charge in [-0.05, 0) is 67.3 Å². The largest absolute Gasteiger partial charge is 0.459 e. The molecular weight excluding hydrogens is 312 g/mol. The van der Waals surface area contributed by atoms with E-state index in [0.29, 0.717) is 6.42 Å². The Labute approximate surface area is 150 Å². The average Bonchev–Trinajstić information content (AvgIpc) is 2.59. The molecule has 0 spiro atoms. The molecule has 0 saturated heterocycles. The number of hydrogen-bond donors (Lipinski definition) is 1. The number of aliphatic hydroxyl groups excluding tert-OH is 1. The van der Waals surface area contributed by atoms with Crippen LogP contribution in [0.5, 0.6) is 0 Å². The summed E-state index contributed by atoms with van der Waals surface area (Å²) in [6.45, 7) is 4.53. The molecule has 0 amide bonds. The van der Waals surface area contributed by atoms with Gasteiger partial charge in [-0.1, -0.05) is 42.5 Å². The van der Waals surface area contributed by atoms with Gasteiger partial charge in [0.15, 0.2) is 6.10 Å². The highest BCUT2D eigenvalue weighted by atomic mass is 16.5. The first-order valence-electron chi connectivity index (χ1n) is 9.61. The summed E-state index contributed by atoms with van der Waals surface area (Å²) in [5.74, 6) is 1.98. The minimum atomic E-state index is -1.09. The van der Waals surface area contributed by atoms with E-state index in [4.69, 9.17) is 4.74 Å². The van der Waals surface area contributed by atoms with Crippen LogP contribution in [-0.2, 0) is 16.1 Å². The molecule has 4 aliphatic carbocycles. The van der Waals surface area contributed by atoms with Gasteiger partial charge in [0.1, 0.15) is 6.61 Å². The zero-order chi connectivity index (χ0) is 17.4. The lowest BCUT2D eigenvalue weighted by molar-refractivity contribution is -0.155. The van der Waals surface area contributed by atoms with Crippen LogP contribution in [0, 0.1) is 23.2 Å². The summed E-state index contributed by atoms with van der Waals surface area (Å²) in [5, 5.41) is 10.3. The van der Waals surface area contributed by atoms with Crippen LogP contribution >= 0.6 is 0 Å². The maximum atomic E-state index is 12.2. The Hall–Kier alpha value is -1.61. The van der Waals surface area contributed by atoms with Crippen molar-refractivity contribution in [1.29, 1.82) is 0 Å². The van der Waals surface area contributed by atoms with Crippen molar-refractivity contribution in [3.8, 4) is 0 Å². The van der Waals surface area contributed by atoms with Crippen molar-refractivity contribution >= 4 is 5.97 Å². The number of aliphatic hydroxyl groups is 1. The van der Waals surface area contributed by atoms with Crippen molar-refractivity contribution in [1.82, 2.24) is 0 Å². The highest BCUT2D eigenvalue weighted by Gasteiger charge is 2.52. The molecule has 0 unspecified atom stereocenters. The third kappa shape index (κ3) is 3.39. The second-order valence-electron chi connectivity index (χ2n) is 8.61. The van der Waals surface area contributed by atoms with Gasteiger partial charge < -0.3 is 9.84 Å². The maximum Gasteiger partial charge on any atom is 0.335 e. The van der Waals surface area contributed by atoms with E-state index in [1.807, 2.05) is 30.3 Å². The van der Waals surface area contributed by atoms with E-state index in [1.54, 1.807) is 0 Å². The van der Waals surface area contributed by atoms with Gasteiger partial charge in [0.2, 0.25) is 0 Å². The number of benzene rings is 1. The summed E-state index contributed by atoms with van der Waals surface area (Å²) in [6.07, 6.45) is 7.04. The molecule has 3 nitrogen and oxygen atoms in total. The first-order chi connectivity index (χ1) is 12.0. The Balaban J connectivity index is 1.33. The van der Waals surface area contributed by atoms with E-state index >= 15 is 0 Å². The summed E-state index contributed by atoms with van der Waals surface area (Å²) < 4.78 is 5.28. The van der Waals surface area contributed by atoms with Crippen molar-refractivity contribution in [2.24, 2.45) is 23.2 Å². The molecule has 0 aromatic heterocycles. The Morgan fingerprint density at radius 2 is 1.68 bits per heavy atom. The van der Waals surface area contributed by atoms with E-state index in [-0.39, 0.29) is 12.0 Å². The van der Waals surface area contributed by atoms with Gasteiger partial charge in [0.05, 0.1) is 0 Å². The Morgan fingerprint density at radius 1 is 1.12 bits per heavy atom. The molecule has 4 saturated carbocycles. The highest BCUT2D eigenvalue weighted by Crippen LogP contribution is 2.62. The zero-order valence-corrected chi connectivity index (χ0v) is 14.8. The zero-order valence-electron chi connectivity index (χ0n) is 14.8. The predicted octanol–water partition coefficient (Wildman–Crippen LogP) is 4.25. The first kappa shape index (κ1) is 16.8. The van der Waals surface area contributed by atoms with Gasteiger partial charge in [-0.25, -0.2) is 4.79 Å². The molecule has 134 valence electrons. The number of hydrogen-bond acceptors (Lipinski definition) is 3. The number of carbonyl (C=O) groups excluding carboxylic acids is 1. The SMILES string of the molecule is C=C(C[C@H](O)C(=O)OCc1ccccc1)C12CC3CC(CC(C3)C1)C2. The van der Waals surface area contributed by atoms with Crippen LogP contribution in [0.25, 0.3) is 0 Å². The Bertz CT molecular complexity index is 613. The molecule has 0 aliphatic heterocycles. The normalized spacial score (nSPS) is 33.9. The molecule has 1 atom stereocenters. The minimum absolute atomic E-state index is 0.176. The van der Waals surface area contributed by atoms with Gasteiger partial charge in [0.25, 0.3) is 0 Å². The van der Waals surface area contributed by atoms with Crippen molar-refractivity contribution in [3.05, 3.63) is 48.0 Å². The van der Waals surface area contributed by atoms with E-state index in [0.717, 1.165) is 28.9 Å². The molecule has 1 aromatic carbocycles. The third-order valence-electron chi connectivity index (χ3n) is 6.72. The van der Waals surface area contributed by atoms with E-state index in [2.05, 4.69) is 6.58 Å². The molecule has 3 heteroatoms. The Morgan fingerprint density at radius 3 is 2.24 bits per heavy atom. The van der Waals surface area contributed by atoms with Crippen LogP contribution in [0.1, 0.15) is 50.5 Å². The first-order valence-corrected chi connectivity index (χ1v) is 9.61. The van der Waals surface area contributed by atoms with Crippen molar-refractivity contribution in [2.45, 2.75) is 57.7 Å². The van der Waals surface area contributed by atoms with E-state index in [1.165, 1.54) is 38.5 Å². The van der Waals surface area contributed by atoms with Gasteiger partial charge in [-0.15, -0.1) is 0 Å². The molecule has 1 aromatic rings. The minimum Gasteiger partial charge on any atom is -0.459 e. The molecule has 4 bridgehead atoms. The topological polar surface area (TPSA) is 46.5 Å². The molecule has 5 rings (SSSR count). The van der Waals surface area contributed by atoms with Gasteiger partial charge in [0, 0.05) is 6.42 Å². The van der Waals surface area contributed by atoms with Crippen LogP contribution in [0.3, 0.4) is 0 Å². The maximum absolute atomic E-state index is 12.2. The van der Waals surface area contributed by atoms with Crippen LogP contribution in [0.2, 0.25) is 0 Å². The summed E-state index contributed by atoms with van der Waals surface area (Å²) in [7, 11) is 0. The van der Waals surface area contributed by atoms with Crippen molar-refractivity contribution in [2.75, 3.05) is 0 Å². The fraction of sp³-hybridized carbons (Fsp3) is 0.591. The van der Waals surface area contributed by atoms with Crippen LogP contribution in [-0.4, -0.2) is 17.2 Å². The average molecular weight is 340 g/mol. The van der Waals surface area contributed by atoms with Gasteiger partial charge in [-0.3, -0.25) is 0 Å². The lowest BCUT2D eigenvalue weighted by atomic mass is 9.47. The van der Waals surface area contributed by atoms with E-state index < -0.39 is 12.1 Å². The molecule has 4 aliphatic rings. The lowest BCUT2D eigenvalue weighted by Gasteiger charge is -2.57. The molecule has 4 fully saturated rings. The van der Waals surface area contributed by atoms with Crippen molar-refractivity contribution in [3.63, 3.8) is 0 Å². The number of rotatable bonds is 6. The second kappa shape index (κ2) is 6.60. The number of esters is 1. The molecule has 0 heterocycles. The van der Waals surface area contributed by atoms with Crippen LogP contribution < -0.4 is 0 Å². The Kier molecular flexibility index (Phi) is 4.45. The summed E-state index contributed by atoms with van der Waals surface area (Å²) in [5.41, 5.74) is 2.19. The van der Waals surface area contributed by atoms with Crippen LogP contribution in [0.15, 0.2) is 42.5 Å². The smallest absolute Gasteiger partial charge is 0.335 e. The predicted molar refractivity (Wildman–Crippen MR) is 96.6 cm³/mol. The third-order valence-corrected chi connectivity index (χ3v) is 6.72. The lowest BCUT2D eigenvalue weighted by Crippen LogP contribution is -2.47. The number of ether oxygens (including phenoxy) is 1. The summed E-state index contributed by atoms with van der Waals surface area (Å²) in [6, 6.07) is 9.57. The molecular formula is C22H28O3. The molecule has 1 N–H and O–H groups in total. The second-order valence-corrected chi connectivity index (χ2v) is 8.61. The van der Waals surface area contributed by atoms with E-state index in [9.17, 15) is 9.90 Å². The summed E-state index contributed by atoms with van der Waals surface area (Å²) >= 11 is 0.